The molecular formula is C19H23N3O5. The van der Waals surface area contributed by atoms with Crippen molar-refractivity contribution in [3.8, 4) is 0 Å². The third-order valence-electron chi connectivity index (χ3n) is 4.44. The Bertz CT molecular complexity index is 873. The molecule has 1 atom stereocenters. The van der Waals surface area contributed by atoms with Crippen molar-refractivity contribution in [3.63, 3.8) is 0 Å². The summed E-state index contributed by atoms with van der Waals surface area (Å²) >= 11 is 0. The quantitative estimate of drug-likeness (QED) is 0.759. The van der Waals surface area contributed by atoms with Crippen LogP contribution in [0.15, 0.2) is 29.1 Å². The Morgan fingerprint density at radius 1 is 1.30 bits per heavy atom. The number of amides is 1. The summed E-state index contributed by atoms with van der Waals surface area (Å²) in [5, 5.41) is 0.538. The molecular weight excluding hydrogens is 350 g/mol. The number of hydrogen-bond acceptors (Lipinski definition) is 6. The summed E-state index contributed by atoms with van der Waals surface area (Å²) in [6, 6.07) is 7.10. The lowest BCUT2D eigenvalue weighted by Crippen LogP contribution is -2.46. The van der Waals surface area contributed by atoms with Crippen LogP contribution in [0.4, 0.5) is 0 Å². The van der Waals surface area contributed by atoms with Crippen LogP contribution in [0.25, 0.3) is 10.9 Å². The molecule has 8 nitrogen and oxygen atoms in total. The van der Waals surface area contributed by atoms with E-state index >= 15 is 0 Å². The monoisotopic (exact) mass is 373 g/mol. The van der Waals surface area contributed by atoms with Crippen molar-refractivity contribution in [2.75, 3.05) is 26.3 Å². The predicted octanol–water partition coefficient (Wildman–Crippen LogP) is 1.04. The van der Waals surface area contributed by atoms with Gasteiger partial charge in [0.1, 0.15) is 5.82 Å². The first kappa shape index (κ1) is 19.0. The largest absolute Gasteiger partial charge is 0.453 e. The molecule has 1 aromatic carbocycles. The number of para-hydroxylation sites is 1. The Morgan fingerprint density at radius 2 is 2.04 bits per heavy atom. The molecule has 8 heteroatoms. The highest BCUT2D eigenvalue weighted by molar-refractivity contribution is 5.83. The van der Waals surface area contributed by atoms with Gasteiger partial charge < -0.3 is 19.4 Å². The molecule has 0 radical (unpaired) electrons. The summed E-state index contributed by atoms with van der Waals surface area (Å²) in [7, 11) is 0. The molecule has 3 rings (SSSR count). The maximum Gasteiger partial charge on any atom is 0.306 e. The van der Waals surface area contributed by atoms with Crippen molar-refractivity contribution < 1.29 is 19.1 Å². The average molecular weight is 373 g/mol. The maximum atomic E-state index is 12.2. The minimum atomic E-state index is -0.811. The van der Waals surface area contributed by atoms with Crippen LogP contribution >= 0.6 is 0 Å². The fourth-order valence-corrected chi connectivity index (χ4v) is 3.00. The van der Waals surface area contributed by atoms with Gasteiger partial charge in [-0.2, -0.15) is 0 Å². The Labute approximate surface area is 156 Å². The number of rotatable bonds is 6. The molecule has 1 aliphatic heterocycles. The second-order valence-electron chi connectivity index (χ2n) is 6.45. The van der Waals surface area contributed by atoms with Gasteiger partial charge in [-0.05, 0) is 25.5 Å². The van der Waals surface area contributed by atoms with Gasteiger partial charge in [0.05, 0.1) is 24.1 Å². The number of morpholine rings is 1. The topological polar surface area (TPSA) is 102 Å². The lowest BCUT2D eigenvalue weighted by atomic mass is 10.2. The first-order valence-electron chi connectivity index (χ1n) is 9.08. The molecule has 1 fully saturated rings. The number of fused-ring (bicyclic) bond motifs is 1. The van der Waals surface area contributed by atoms with Gasteiger partial charge in [-0.25, -0.2) is 4.98 Å². The minimum Gasteiger partial charge on any atom is -0.453 e. The number of aromatic amines is 1. The molecule has 1 aliphatic rings. The van der Waals surface area contributed by atoms with Crippen molar-refractivity contribution in [3.05, 3.63) is 40.4 Å². The fraction of sp³-hybridized carbons (Fsp3) is 0.474. The molecule has 1 N–H and O–H groups in total. The van der Waals surface area contributed by atoms with Crippen LogP contribution in [0, 0.1) is 0 Å². The first-order valence-corrected chi connectivity index (χ1v) is 9.08. The molecule has 144 valence electrons. The Balaban J connectivity index is 1.48. The van der Waals surface area contributed by atoms with E-state index in [0.29, 0.717) is 55.9 Å². The van der Waals surface area contributed by atoms with E-state index in [9.17, 15) is 14.4 Å². The molecule has 2 aromatic rings. The summed E-state index contributed by atoms with van der Waals surface area (Å²) < 4.78 is 10.4. The van der Waals surface area contributed by atoms with Gasteiger partial charge in [-0.15, -0.1) is 0 Å². The molecule has 1 aromatic heterocycles. The van der Waals surface area contributed by atoms with Crippen LogP contribution in [-0.2, 0) is 25.5 Å². The molecule has 1 amide bonds. The van der Waals surface area contributed by atoms with Crippen molar-refractivity contribution in [1.29, 1.82) is 0 Å². The van der Waals surface area contributed by atoms with Gasteiger partial charge in [-0.3, -0.25) is 14.4 Å². The van der Waals surface area contributed by atoms with Crippen molar-refractivity contribution in [2.45, 2.75) is 32.3 Å². The number of nitrogens with one attached hydrogen (secondary N) is 1. The highest BCUT2D eigenvalue weighted by Crippen LogP contribution is 2.09. The zero-order chi connectivity index (χ0) is 19.2. The Morgan fingerprint density at radius 3 is 2.81 bits per heavy atom. The number of aromatic nitrogens is 2. The second-order valence-corrected chi connectivity index (χ2v) is 6.45. The molecule has 2 heterocycles. The molecule has 1 unspecified atom stereocenters. The smallest absolute Gasteiger partial charge is 0.306 e. The van der Waals surface area contributed by atoms with Crippen LogP contribution in [0.2, 0.25) is 0 Å². The first-order chi connectivity index (χ1) is 13.0. The van der Waals surface area contributed by atoms with Gasteiger partial charge in [0.15, 0.2) is 6.10 Å². The van der Waals surface area contributed by atoms with Gasteiger partial charge in [0, 0.05) is 25.9 Å². The number of benzene rings is 1. The number of nitrogens with zero attached hydrogens (tertiary/aromatic N) is 2. The molecule has 0 saturated carbocycles. The highest BCUT2D eigenvalue weighted by Gasteiger charge is 2.25. The lowest BCUT2D eigenvalue weighted by molar-refractivity contribution is -0.161. The SMILES string of the molecule is CC(OC(=O)CCCc1nc2ccccc2c(=O)[nH]1)C(=O)N1CCOCC1. The summed E-state index contributed by atoms with van der Waals surface area (Å²) in [6.45, 7) is 3.62. The van der Waals surface area contributed by atoms with Crippen molar-refractivity contribution >= 4 is 22.8 Å². The molecule has 1 saturated heterocycles. The number of H-pyrrole nitrogens is 1. The Kier molecular flexibility index (Phi) is 6.18. The molecule has 0 aliphatic carbocycles. The number of hydrogen-bond donors (Lipinski definition) is 1. The van der Waals surface area contributed by atoms with E-state index in [4.69, 9.17) is 9.47 Å². The minimum absolute atomic E-state index is 0.150. The highest BCUT2D eigenvalue weighted by atomic mass is 16.5. The summed E-state index contributed by atoms with van der Waals surface area (Å²) in [5.74, 6) is -0.108. The van der Waals surface area contributed by atoms with E-state index in [2.05, 4.69) is 9.97 Å². The van der Waals surface area contributed by atoms with Crippen LogP contribution in [0.5, 0.6) is 0 Å². The molecule has 0 spiro atoms. The summed E-state index contributed by atoms with van der Waals surface area (Å²) in [5.41, 5.74) is 0.437. The average Bonchev–Trinajstić information content (AvgIpc) is 2.68. The van der Waals surface area contributed by atoms with E-state index in [1.165, 1.54) is 0 Å². The van der Waals surface area contributed by atoms with Crippen LogP contribution < -0.4 is 5.56 Å². The third kappa shape index (κ3) is 4.91. The van der Waals surface area contributed by atoms with E-state index in [-0.39, 0.29) is 17.9 Å². The predicted molar refractivity (Wildman–Crippen MR) is 98.3 cm³/mol. The number of ether oxygens (including phenoxy) is 2. The van der Waals surface area contributed by atoms with Crippen molar-refractivity contribution in [2.24, 2.45) is 0 Å². The number of aryl methyl sites for hydroxylation is 1. The second kappa shape index (κ2) is 8.77. The van der Waals surface area contributed by atoms with Crippen LogP contribution in [-0.4, -0.2) is 59.2 Å². The van der Waals surface area contributed by atoms with E-state index in [1.807, 2.05) is 6.07 Å². The summed E-state index contributed by atoms with van der Waals surface area (Å²) in [4.78, 5) is 45.0. The lowest BCUT2D eigenvalue weighted by Gasteiger charge is -2.28. The normalized spacial score (nSPS) is 15.5. The van der Waals surface area contributed by atoms with E-state index < -0.39 is 12.1 Å². The fourth-order valence-electron chi connectivity index (χ4n) is 3.00. The van der Waals surface area contributed by atoms with E-state index in [0.717, 1.165) is 0 Å². The Hall–Kier alpha value is -2.74. The third-order valence-corrected chi connectivity index (χ3v) is 4.44. The van der Waals surface area contributed by atoms with Crippen LogP contribution in [0.3, 0.4) is 0 Å². The van der Waals surface area contributed by atoms with Gasteiger partial charge in [-0.1, -0.05) is 12.1 Å². The molecule has 27 heavy (non-hydrogen) atoms. The standard InChI is InChI=1S/C19H23N3O5/c1-13(19(25)22-9-11-26-12-10-22)27-17(23)8-4-7-16-20-15-6-3-2-5-14(15)18(24)21-16/h2-3,5-6,13H,4,7-12H2,1H3,(H,20,21,24). The van der Waals surface area contributed by atoms with Crippen LogP contribution in [0.1, 0.15) is 25.6 Å². The summed E-state index contributed by atoms with van der Waals surface area (Å²) in [6.07, 6.45) is 0.255. The van der Waals surface area contributed by atoms with Gasteiger partial charge in [0.25, 0.3) is 11.5 Å². The number of carbonyl (C=O) groups excluding carboxylic acids is 2. The van der Waals surface area contributed by atoms with Gasteiger partial charge >= 0.3 is 5.97 Å². The zero-order valence-electron chi connectivity index (χ0n) is 15.3. The number of carbonyl (C=O) groups is 2. The van der Waals surface area contributed by atoms with Crippen molar-refractivity contribution in [1.82, 2.24) is 14.9 Å². The van der Waals surface area contributed by atoms with E-state index in [1.54, 1.807) is 30.0 Å². The number of esters is 1. The van der Waals surface area contributed by atoms with Gasteiger partial charge in [0.2, 0.25) is 0 Å². The molecule has 0 bridgehead atoms. The maximum absolute atomic E-state index is 12.2. The zero-order valence-corrected chi connectivity index (χ0v) is 15.3.